The van der Waals surface area contributed by atoms with Gasteiger partial charge in [0, 0.05) is 45.9 Å². The maximum absolute atomic E-state index is 12.4. The standard InChI is InChI=1S/C30H28N4O/c31-16-4-7-29(35)21-10-8-20(9-11-21)19-34-28-18-24(33)13-15-26(28)25-14-12-23(32)17-27(25)30(34)22-5-2-1-3-6-22/h1-3,5-6,8-15,17-18,33H,4,7,16,19,31-32H2/p+1. The van der Waals surface area contributed by atoms with E-state index in [0.29, 0.717) is 31.6 Å². The molecular formula is C30H29N4O+. The van der Waals surface area contributed by atoms with Crippen molar-refractivity contribution in [3.8, 4) is 11.3 Å². The highest BCUT2D eigenvalue weighted by atomic mass is 16.1. The second kappa shape index (κ2) is 9.57. The molecule has 0 saturated heterocycles. The molecule has 0 spiro atoms. The summed E-state index contributed by atoms with van der Waals surface area (Å²) in [5.41, 5.74) is 24.5. The Bertz CT molecular complexity index is 1530. The molecule has 0 saturated carbocycles. The number of ketones is 1. The van der Waals surface area contributed by atoms with E-state index in [2.05, 4.69) is 28.8 Å². The lowest BCUT2D eigenvalue weighted by molar-refractivity contribution is -0.650. The number of nitrogens with two attached hydrogens (primary N) is 3. The highest BCUT2D eigenvalue weighted by Crippen LogP contribution is 2.33. The van der Waals surface area contributed by atoms with E-state index in [4.69, 9.17) is 17.2 Å². The maximum atomic E-state index is 12.4. The normalized spacial score (nSPS) is 11.2. The number of carbonyl (C=O) groups is 1. The van der Waals surface area contributed by atoms with Crippen LogP contribution in [-0.4, -0.2) is 12.3 Å². The monoisotopic (exact) mass is 461 g/mol. The fraction of sp³-hybridized carbons (Fsp3) is 0.133. The van der Waals surface area contributed by atoms with Gasteiger partial charge in [0.25, 0.3) is 0 Å². The van der Waals surface area contributed by atoms with Gasteiger partial charge in [0.05, 0.1) is 10.8 Å². The number of fused-ring (bicyclic) bond motifs is 3. The zero-order valence-electron chi connectivity index (χ0n) is 19.6. The van der Waals surface area contributed by atoms with E-state index in [-0.39, 0.29) is 5.78 Å². The minimum absolute atomic E-state index is 0.124. The predicted molar refractivity (Wildman–Crippen MR) is 144 cm³/mol. The first kappa shape index (κ1) is 22.6. The summed E-state index contributed by atoms with van der Waals surface area (Å²) < 4.78 is 2.30. The molecule has 1 heterocycles. The summed E-state index contributed by atoms with van der Waals surface area (Å²) in [5.74, 6) is 0.124. The van der Waals surface area contributed by atoms with Crippen LogP contribution in [0.5, 0.6) is 0 Å². The second-order valence-electron chi connectivity index (χ2n) is 8.89. The van der Waals surface area contributed by atoms with Crippen LogP contribution < -0.4 is 21.8 Å². The van der Waals surface area contributed by atoms with Gasteiger partial charge < -0.3 is 17.2 Å². The Morgan fingerprint density at radius 3 is 2.14 bits per heavy atom. The molecule has 35 heavy (non-hydrogen) atoms. The molecular weight excluding hydrogens is 432 g/mol. The van der Waals surface area contributed by atoms with Gasteiger partial charge in [-0.25, -0.2) is 0 Å². The van der Waals surface area contributed by atoms with Crippen LogP contribution in [0.25, 0.3) is 32.9 Å². The first-order valence-electron chi connectivity index (χ1n) is 11.9. The number of nitrogen functional groups attached to an aromatic ring is 2. The molecule has 0 fully saturated rings. The SMILES string of the molecule is NCCCC(=O)c1ccc(C[n+]2c(-c3ccccc3)c3cc(N)ccc3c3ccc(N)cc32)cc1. The minimum atomic E-state index is 0.124. The number of hydrogen-bond acceptors (Lipinski definition) is 4. The van der Waals surface area contributed by atoms with Gasteiger partial charge in [-0.05, 0) is 49.4 Å². The van der Waals surface area contributed by atoms with Gasteiger partial charge in [-0.15, -0.1) is 0 Å². The molecule has 6 N–H and O–H groups in total. The molecule has 174 valence electrons. The highest BCUT2D eigenvalue weighted by molar-refractivity contribution is 6.10. The summed E-state index contributed by atoms with van der Waals surface area (Å²) >= 11 is 0. The Hall–Kier alpha value is -4.22. The smallest absolute Gasteiger partial charge is 0.221 e. The van der Waals surface area contributed by atoms with Crippen LogP contribution in [0.1, 0.15) is 28.8 Å². The molecule has 5 nitrogen and oxygen atoms in total. The van der Waals surface area contributed by atoms with Crippen LogP contribution >= 0.6 is 0 Å². The van der Waals surface area contributed by atoms with E-state index in [1.54, 1.807) is 0 Å². The molecule has 0 atom stereocenters. The van der Waals surface area contributed by atoms with E-state index in [1.807, 2.05) is 66.7 Å². The zero-order valence-corrected chi connectivity index (χ0v) is 19.6. The summed E-state index contributed by atoms with van der Waals surface area (Å²) in [6, 6.07) is 30.3. The van der Waals surface area contributed by atoms with Gasteiger partial charge in [-0.1, -0.05) is 48.5 Å². The number of hydrogen-bond donors (Lipinski definition) is 3. The van der Waals surface area contributed by atoms with Gasteiger partial charge in [-0.3, -0.25) is 4.79 Å². The third-order valence-corrected chi connectivity index (χ3v) is 6.44. The average Bonchev–Trinajstić information content (AvgIpc) is 2.88. The third-order valence-electron chi connectivity index (χ3n) is 6.44. The molecule has 0 radical (unpaired) electrons. The van der Waals surface area contributed by atoms with E-state index >= 15 is 0 Å². The number of pyridine rings is 1. The van der Waals surface area contributed by atoms with E-state index in [0.717, 1.165) is 49.7 Å². The lowest BCUT2D eigenvalue weighted by atomic mass is 9.97. The molecule has 0 amide bonds. The molecule has 0 unspecified atom stereocenters. The number of carbonyl (C=O) groups excluding carboxylic acids is 1. The van der Waals surface area contributed by atoms with Crippen molar-refractivity contribution in [1.29, 1.82) is 0 Å². The van der Waals surface area contributed by atoms with Gasteiger partial charge >= 0.3 is 0 Å². The van der Waals surface area contributed by atoms with Gasteiger partial charge in [0.15, 0.2) is 12.3 Å². The van der Waals surface area contributed by atoms with Crippen molar-refractivity contribution in [2.45, 2.75) is 19.4 Å². The van der Waals surface area contributed by atoms with Gasteiger partial charge in [0.2, 0.25) is 11.2 Å². The summed E-state index contributed by atoms with van der Waals surface area (Å²) in [7, 11) is 0. The zero-order chi connectivity index (χ0) is 24.4. The van der Waals surface area contributed by atoms with Gasteiger partial charge in [-0.2, -0.15) is 4.57 Å². The fourth-order valence-corrected chi connectivity index (χ4v) is 4.72. The Morgan fingerprint density at radius 1 is 0.743 bits per heavy atom. The molecule has 5 aromatic rings. The van der Waals surface area contributed by atoms with Crippen molar-refractivity contribution >= 4 is 38.8 Å². The maximum Gasteiger partial charge on any atom is 0.221 e. The summed E-state index contributed by atoms with van der Waals surface area (Å²) in [4.78, 5) is 12.4. The van der Waals surface area contributed by atoms with E-state index in [9.17, 15) is 4.79 Å². The molecule has 5 heteroatoms. The van der Waals surface area contributed by atoms with Crippen LogP contribution in [-0.2, 0) is 6.54 Å². The van der Waals surface area contributed by atoms with Crippen molar-refractivity contribution in [3.63, 3.8) is 0 Å². The predicted octanol–water partition coefficient (Wildman–Crippen LogP) is 5.08. The minimum Gasteiger partial charge on any atom is -0.399 e. The molecule has 0 bridgehead atoms. The molecule has 4 aromatic carbocycles. The van der Waals surface area contributed by atoms with E-state index in [1.165, 1.54) is 0 Å². The van der Waals surface area contributed by atoms with Crippen LogP contribution in [0, 0.1) is 0 Å². The van der Waals surface area contributed by atoms with Crippen molar-refractivity contribution < 1.29 is 9.36 Å². The van der Waals surface area contributed by atoms with Crippen molar-refractivity contribution in [1.82, 2.24) is 0 Å². The lowest BCUT2D eigenvalue weighted by Gasteiger charge is -2.13. The number of anilines is 2. The first-order valence-corrected chi connectivity index (χ1v) is 11.9. The molecule has 0 aliphatic carbocycles. The number of aromatic nitrogens is 1. The summed E-state index contributed by atoms with van der Waals surface area (Å²) in [5, 5.41) is 3.33. The van der Waals surface area contributed by atoms with Crippen LogP contribution in [0.2, 0.25) is 0 Å². The molecule has 5 rings (SSSR count). The third kappa shape index (κ3) is 4.46. The number of benzene rings is 4. The van der Waals surface area contributed by atoms with Crippen molar-refractivity contribution in [2.24, 2.45) is 5.73 Å². The second-order valence-corrected chi connectivity index (χ2v) is 8.89. The Balaban J connectivity index is 1.72. The Kier molecular flexibility index (Phi) is 6.17. The average molecular weight is 462 g/mol. The van der Waals surface area contributed by atoms with Crippen LogP contribution in [0.4, 0.5) is 11.4 Å². The van der Waals surface area contributed by atoms with E-state index < -0.39 is 0 Å². The number of nitrogens with zero attached hydrogens (tertiary/aromatic N) is 1. The first-order chi connectivity index (χ1) is 17.0. The lowest BCUT2D eigenvalue weighted by Crippen LogP contribution is -2.38. The Labute approximate surface area is 204 Å². The summed E-state index contributed by atoms with van der Waals surface area (Å²) in [6.07, 6.45) is 1.17. The van der Waals surface area contributed by atoms with Crippen molar-refractivity contribution in [3.05, 3.63) is 102 Å². The van der Waals surface area contributed by atoms with Crippen molar-refractivity contribution in [2.75, 3.05) is 18.0 Å². The number of Topliss-reactive ketones (excluding diaryl/α,β-unsaturated/α-hetero) is 1. The molecule has 0 aliphatic rings. The quantitative estimate of drug-likeness (QED) is 0.136. The highest BCUT2D eigenvalue weighted by Gasteiger charge is 2.24. The van der Waals surface area contributed by atoms with Crippen LogP contribution in [0.15, 0.2) is 91.0 Å². The van der Waals surface area contributed by atoms with Gasteiger partial charge in [0.1, 0.15) is 0 Å². The fourth-order valence-electron chi connectivity index (χ4n) is 4.72. The Morgan fingerprint density at radius 2 is 1.43 bits per heavy atom. The topological polar surface area (TPSA) is 99.0 Å². The summed E-state index contributed by atoms with van der Waals surface area (Å²) in [6.45, 7) is 1.14. The molecule has 1 aromatic heterocycles. The molecule has 0 aliphatic heterocycles. The largest absolute Gasteiger partial charge is 0.399 e. The number of rotatable bonds is 7. The van der Waals surface area contributed by atoms with Crippen LogP contribution in [0.3, 0.4) is 0 Å².